The highest BCUT2D eigenvalue weighted by molar-refractivity contribution is 5.88. The second-order valence-corrected chi connectivity index (χ2v) is 4.90. The molecule has 1 fully saturated rings. The van der Waals surface area contributed by atoms with Gasteiger partial charge in [-0.15, -0.1) is 0 Å². The van der Waals surface area contributed by atoms with Gasteiger partial charge in [-0.1, -0.05) is 18.9 Å². The maximum atomic E-state index is 6.09. The Balaban J connectivity index is 1.91. The molecule has 92 valence electrons. The minimum Gasteiger partial charge on any atom is -0.387 e. The standard InChI is InChI=1S/C15H17N3/c16-15(11-4-1-2-5-11)18-13-7-8-14-12(10-13)6-3-9-17-14/h3,6-11H,1-2,4-5H2,(H2,16,18). The molecular weight excluding hydrogens is 222 g/mol. The van der Waals surface area contributed by atoms with Crippen molar-refractivity contribution in [2.75, 3.05) is 0 Å². The van der Waals surface area contributed by atoms with Gasteiger partial charge in [0.2, 0.25) is 0 Å². The molecular formula is C15H17N3. The van der Waals surface area contributed by atoms with Crippen LogP contribution in [0.1, 0.15) is 25.7 Å². The summed E-state index contributed by atoms with van der Waals surface area (Å²) in [4.78, 5) is 8.86. The lowest BCUT2D eigenvalue weighted by Crippen LogP contribution is -2.20. The molecule has 0 amide bonds. The van der Waals surface area contributed by atoms with Crippen molar-refractivity contribution < 1.29 is 0 Å². The fraction of sp³-hybridized carbons (Fsp3) is 0.333. The highest BCUT2D eigenvalue weighted by Crippen LogP contribution is 2.26. The molecule has 1 aromatic heterocycles. The molecule has 0 saturated heterocycles. The van der Waals surface area contributed by atoms with Crippen LogP contribution in [0.3, 0.4) is 0 Å². The van der Waals surface area contributed by atoms with E-state index in [1.807, 2.05) is 30.3 Å². The first-order valence-corrected chi connectivity index (χ1v) is 6.52. The lowest BCUT2D eigenvalue weighted by molar-refractivity contribution is 0.722. The summed E-state index contributed by atoms with van der Waals surface area (Å²) >= 11 is 0. The van der Waals surface area contributed by atoms with Crippen LogP contribution in [0.5, 0.6) is 0 Å². The molecule has 1 heterocycles. The summed E-state index contributed by atoms with van der Waals surface area (Å²) in [6.45, 7) is 0. The molecule has 0 bridgehead atoms. The molecule has 1 aliphatic carbocycles. The highest BCUT2D eigenvalue weighted by Gasteiger charge is 2.18. The maximum absolute atomic E-state index is 6.09. The molecule has 1 aromatic carbocycles. The van der Waals surface area contributed by atoms with Crippen molar-refractivity contribution in [2.45, 2.75) is 25.7 Å². The van der Waals surface area contributed by atoms with Gasteiger partial charge in [-0.3, -0.25) is 4.98 Å². The summed E-state index contributed by atoms with van der Waals surface area (Å²) in [5.74, 6) is 1.27. The van der Waals surface area contributed by atoms with Crippen LogP contribution in [0.15, 0.2) is 41.5 Å². The molecule has 3 heteroatoms. The molecule has 0 atom stereocenters. The van der Waals surface area contributed by atoms with Crippen molar-refractivity contribution in [2.24, 2.45) is 16.6 Å². The molecule has 1 aliphatic rings. The molecule has 0 radical (unpaired) electrons. The van der Waals surface area contributed by atoms with E-state index in [1.54, 1.807) is 6.20 Å². The maximum Gasteiger partial charge on any atom is 0.103 e. The Kier molecular flexibility index (Phi) is 2.97. The van der Waals surface area contributed by atoms with E-state index in [1.165, 1.54) is 25.7 Å². The van der Waals surface area contributed by atoms with E-state index in [9.17, 15) is 0 Å². The Bertz CT molecular complexity index is 583. The Hall–Kier alpha value is -1.90. The van der Waals surface area contributed by atoms with Gasteiger partial charge in [0.15, 0.2) is 0 Å². The third-order valence-corrected chi connectivity index (χ3v) is 3.62. The second kappa shape index (κ2) is 4.77. The summed E-state index contributed by atoms with van der Waals surface area (Å²) in [6.07, 6.45) is 6.73. The van der Waals surface area contributed by atoms with Crippen LogP contribution in [-0.4, -0.2) is 10.8 Å². The molecule has 3 rings (SSSR count). The average Bonchev–Trinajstić information content (AvgIpc) is 2.92. The van der Waals surface area contributed by atoms with E-state index >= 15 is 0 Å². The molecule has 2 aromatic rings. The fourth-order valence-corrected chi connectivity index (χ4v) is 2.59. The van der Waals surface area contributed by atoms with Crippen LogP contribution in [0.4, 0.5) is 5.69 Å². The predicted molar refractivity (Wildman–Crippen MR) is 75.0 cm³/mol. The monoisotopic (exact) mass is 239 g/mol. The number of pyridine rings is 1. The van der Waals surface area contributed by atoms with Gasteiger partial charge in [0.1, 0.15) is 5.84 Å². The minimum absolute atomic E-state index is 0.481. The average molecular weight is 239 g/mol. The third kappa shape index (κ3) is 2.21. The van der Waals surface area contributed by atoms with Crippen molar-refractivity contribution in [3.05, 3.63) is 36.5 Å². The number of aliphatic imine (C=N–C) groups is 1. The number of hydrogen-bond acceptors (Lipinski definition) is 2. The summed E-state index contributed by atoms with van der Waals surface area (Å²) < 4.78 is 0. The summed E-state index contributed by atoms with van der Waals surface area (Å²) in [5.41, 5.74) is 8.02. The Morgan fingerprint density at radius 2 is 2.06 bits per heavy atom. The van der Waals surface area contributed by atoms with Crippen LogP contribution < -0.4 is 5.73 Å². The van der Waals surface area contributed by atoms with Gasteiger partial charge in [-0.05, 0) is 37.1 Å². The lowest BCUT2D eigenvalue weighted by atomic mass is 10.1. The first-order valence-electron chi connectivity index (χ1n) is 6.52. The number of rotatable bonds is 2. The van der Waals surface area contributed by atoms with Gasteiger partial charge in [0, 0.05) is 17.5 Å². The van der Waals surface area contributed by atoms with Gasteiger partial charge in [0.05, 0.1) is 11.2 Å². The van der Waals surface area contributed by atoms with E-state index in [0.717, 1.165) is 22.4 Å². The molecule has 3 nitrogen and oxygen atoms in total. The van der Waals surface area contributed by atoms with Crippen LogP contribution in [-0.2, 0) is 0 Å². The lowest BCUT2D eigenvalue weighted by Gasteiger charge is -2.08. The van der Waals surface area contributed by atoms with Gasteiger partial charge in [-0.25, -0.2) is 4.99 Å². The summed E-state index contributed by atoms with van der Waals surface area (Å²) in [7, 11) is 0. The summed E-state index contributed by atoms with van der Waals surface area (Å²) in [5, 5.41) is 1.11. The minimum atomic E-state index is 0.481. The van der Waals surface area contributed by atoms with Crippen molar-refractivity contribution in [1.29, 1.82) is 0 Å². The molecule has 0 unspecified atom stereocenters. The van der Waals surface area contributed by atoms with Crippen LogP contribution in [0.2, 0.25) is 0 Å². The van der Waals surface area contributed by atoms with E-state index < -0.39 is 0 Å². The number of hydrogen-bond donors (Lipinski definition) is 1. The zero-order valence-electron chi connectivity index (χ0n) is 10.3. The van der Waals surface area contributed by atoms with Crippen LogP contribution >= 0.6 is 0 Å². The van der Waals surface area contributed by atoms with Gasteiger partial charge in [-0.2, -0.15) is 0 Å². The first kappa shape index (κ1) is 11.2. The number of aromatic nitrogens is 1. The van der Waals surface area contributed by atoms with Gasteiger partial charge < -0.3 is 5.73 Å². The zero-order chi connectivity index (χ0) is 12.4. The zero-order valence-corrected chi connectivity index (χ0v) is 10.3. The largest absolute Gasteiger partial charge is 0.387 e. The molecule has 2 N–H and O–H groups in total. The smallest absolute Gasteiger partial charge is 0.103 e. The quantitative estimate of drug-likeness (QED) is 0.645. The van der Waals surface area contributed by atoms with E-state index in [-0.39, 0.29) is 0 Å². The van der Waals surface area contributed by atoms with E-state index in [4.69, 9.17) is 5.73 Å². The SMILES string of the molecule is NC(=Nc1ccc2ncccc2c1)C1CCCC1. The first-order chi connectivity index (χ1) is 8.83. The number of amidine groups is 1. The normalized spacial score (nSPS) is 17.4. The highest BCUT2D eigenvalue weighted by atomic mass is 14.9. The molecule has 0 aliphatic heterocycles. The van der Waals surface area contributed by atoms with Crippen LogP contribution in [0, 0.1) is 5.92 Å². The third-order valence-electron chi connectivity index (χ3n) is 3.62. The number of nitrogens with two attached hydrogens (primary N) is 1. The van der Waals surface area contributed by atoms with Crippen molar-refractivity contribution in [1.82, 2.24) is 4.98 Å². The Morgan fingerprint density at radius 3 is 2.89 bits per heavy atom. The van der Waals surface area contributed by atoms with E-state index in [0.29, 0.717) is 5.92 Å². The van der Waals surface area contributed by atoms with Gasteiger partial charge >= 0.3 is 0 Å². The number of fused-ring (bicyclic) bond motifs is 1. The number of benzene rings is 1. The van der Waals surface area contributed by atoms with Crippen LogP contribution in [0.25, 0.3) is 10.9 Å². The number of nitrogens with zero attached hydrogens (tertiary/aromatic N) is 2. The van der Waals surface area contributed by atoms with Crippen molar-refractivity contribution in [3.63, 3.8) is 0 Å². The fourth-order valence-electron chi connectivity index (χ4n) is 2.59. The van der Waals surface area contributed by atoms with Crippen molar-refractivity contribution in [3.8, 4) is 0 Å². The Morgan fingerprint density at radius 1 is 1.22 bits per heavy atom. The Labute approximate surface area is 107 Å². The van der Waals surface area contributed by atoms with E-state index in [2.05, 4.69) is 9.98 Å². The molecule has 18 heavy (non-hydrogen) atoms. The van der Waals surface area contributed by atoms with Crippen molar-refractivity contribution >= 4 is 22.4 Å². The molecule has 1 saturated carbocycles. The molecule has 0 spiro atoms. The summed E-state index contributed by atoms with van der Waals surface area (Å²) in [6, 6.07) is 10.0. The second-order valence-electron chi connectivity index (χ2n) is 4.90. The van der Waals surface area contributed by atoms with Gasteiger partial charge in [0.25, 0.3) is 0 Å². The predicted octanol–water partition coefficient (Wildman–Crippen LogP) is 3.41. The topological polar surface area (TPSA) is 51.3 Å².